The normalized spacial score (nSPS) is 10.3. The Kier molecular flexibility index (Phi) is 4.02. The summed E-state index contributed by atoms with van der Waals surface area (Å²) in [6, 6.07) is 0. The summed E-state index contributed by atoms with van der Waals surface area (Å²) in [7, 11) is 1.37. The Bertz CT molecular complexity index is 362. The van der Waals surface area contributed by atoms with Gasteiger partial charge in [0.2, 0.25) is 0 Å². The van der Waals surface area contributed by atoms with Crippen LogP contribution in [0.15, 0.2) is 5.03 Å². The minimum absolute atomic E-state index is 0.256. The Balaban J connectivity index is 2.79. The average molecular weight is 229 g/mol. The van der Waals surface area contributed by atoms with Crippen molar-refractivity contribution in [3.63, 3.8) is 0 Å². The highest BCUT2D eigenvalue weighted by atomic mass is 32.2. The minimum Gasteiger partial charge on any atom is -0.468 e. The van der Waals surface area contributed by atoms with Crippen molar-refractivity contribution in [2.24, 2.45) is 0 Å². The number of nitrogens with zero attached hydrogens (tertiary/aromatic N) is 2. The third-order valence-corrected chi connectivity index (χ3v) is 3.06. The van der Waals surface area contributed by atoms with E-state index in [0.717, 1.165) is 17.3 Å². The van der Waals surface area contributed by atoms with Gasteiger partial charge in [-0.25, -0.2) is 0 Å². The number of hydrogen-bond donors (Lipinski definition) is 1. The van der Waals surface area contributed by atoms with Crippen LogP contribution in [-0.4, -0.2) is 28.6 Å². The minimum atomic E-state index is -0.263. The topological polar surface area (TPSA) is 70.1 Å². The zero-order valence-corrected chi connectivity index (χ0v) is 9.93. The number of carbonyl (C=O) groups excluding carboxylic acids is 1. The van der Waals surface area contributed by atoms with Crippen molar-refractivity contribution in [1.82, 2.24) is 9.78 Å². The highest BCUT2D eigenvalue weighted by Crippen LogP contribution is 2.27. The molecule has 0 spiro atoms. The molecule has 5 nitrogen and oxygen atoms in total. The maximum Gasteiger partial charge on any atom is 0.316 e. The second-order valence-corrected chi connectivity index (χ2v) is 3.95. The van der Waals surface area contributed by atoms with Crippen molar-refractivity contribution in [1.29, 1.82) is 0 Å². The summed E-state index contributed by atoms with van der Waals surface area (Å²) >= 11 is 1.35. The highest BCUT2D eigenvalue weighted by molar-refractivity contribution is 8.00. The largest absolute Gasteiger partial charge is 0.468 e. The molecule has 0 fully saturated rings. The van der Waals surface area contributed by atoms with Gasteiger partial charge in [0.15, 0.2) is 0 Å². The summed E-state index contributed by atoms with van der Waals surface area (Å²) in [6.45, 7) is 4.57. The maximum atomic E-state index is 11.0. The Morgan fingerprint density at radius 3 is 2.87 bits per heavy atom. The molecule has 0 unspecified atom stereocenters. The lowest BCUT2D eigenvalue weighted by Crippen LogP contribution is -2.06. The monoisotopic (exact) mass is 229 g/mol. The molecule has 0 aliphatic rings. The van der Waals surface area contributed by atoms with E-state index in [0.29, 0.717) is 5.69 Å². The zero-order chi connectivity index (χ0) is 11.4. The summed E-state index contributed by atoms with van der Waals surface area (Å²) in [4.78, 5) is 11.0. The molecule has 0 atom stereocenters. The number of esters is 1. The van der Waals surface area contributed by atoms with Gasteiger partial charge in [-0.3, -0.25) is 9.48 Å². The van der Waals surface area contributed by atoms with Gasteiger partial charge in [0, 0.05) is 6.54 Å². The second-order valence-electron chi connectivity index (χ2n) is 2.98. The van der Waals surface area contributed by atoms with Crippen LogP contribution in [0.5, 0.6) is 0 Å². The van der Waals surface area contributed by atoms with Crippen molar-refractivity contribution in [2.75, 3.05) is 18.6 Å². The molecule has 0 bridgehead atoms. The fraction of sp³-hybridized carbons (Fsp3) is 0.556. The number of nitrogen functional groups attached to an aromatic ring is 1. The molecule has 0 aliphatic heterocycles. The van der Waals surface area contributed by atoms with Crippen LogP contribution < -0.4 is 5.73 Å². The first kappa shape index (κ1) is 11.9. The summed E-state index contributed by atoms with van der Waals surface area (Å²) in [5, 5.41) is 5.08. The average Bonchev–Trinajstić information content (AvgIpc) is 2.52. The quantitative estimate of drug-likeness (QED) is 0.617. The van der Waals surface area contributed by atoms with Crippen LogP contribution in [-0.2, 0) is 16.1 Å². The fourth-order valence-electron chi connectivity index (χ4n) is 1.13. The number of methoxy groups -OCH3 is 1. The van der Waals surface area contributed by atoms with E-state index in [9.17, 15) is 4.79 Å². The predicted octanol–water partition coefficient (Wildman–Crippen LogP) is 1.06. The molecule has 0 aliphatic carbocycles. The first-order valence-corrected chi connectivity index (χ1v) is 5.61. The summed E-state index contributed by atoms with van der Waals surface area (Å²) in [6.07, 6.45) is 0. The second kappa shape index (κ2) is 5.06. The lowest BCUT2D eigenvalue weighted by atomic mass is 10.4. The van der Waals surface area contributed by atoms with Gasteiger partial charge < -0.3 is 10.5 Å². The third kappa shape index (κ3) is 2.65. The lowest BCUT2D eigenvalue weighted by molar-refractivity contribution is -0.137. The van der Waals surface area contributed by atoms with E-state index in [4.69, 9.17) is 5.73 Å². The summed E-state index contributed by atoms with van der Waals surface area (Å²) in [5.74, 6) is -0.00726. The van der Waals surface area contributed by atoms with Gasteiger partial charge in [-0.2, -0.15) is 5.10 Å². The SMILES string of the molecule is CCn1nc(C)c(N)c1SCC(=O)OC. The molecule has 1 rings (SSSR count). The fourth-order valence-corrected chi connectivity index (χ4v) is 2.12. The van der Waals surface area contributed by atoms with Crippen LogP contribution in [0, 0.1) is 6.92 Å². The molecule has 0 radical (unpaired) electrons. The van der Waals surface area contributed by atoms with E-state index in [1.54, 1.807) is 4.68 Å². The van der Waals surface area contributed by atoms with Gasteiger partial charge in [0.05, 0.1) is 24.2 Å². The van der Waals surface area contributed by atoms with Crippen molar-refractivity contribution >= 4 is 23.4 Å². The smallest absolute Gasteiger partial charge is 0.316 e. The number of aromatic nitrogens is 2. The number of anilines is 1. The van der Waals surface area contributed by atoms with E-state index < -0.39 is 0 Å². The number of thioether (sulfide) groups is 1. The number of aryl methyl sites for hydroxylation is 2. The molecule has 1 aromatic rings. The molecule has 15 heavy (non-hydrogen) atoms. The number of nitrogens with two attached hydrogens (primary N) is 1. The number of ether oxygens (including phenoxy) is 1. The van der Waals surface area contributed by atoms with E-state index in [1.807, 2.05) is 13.8 Å². The standard InChI is InChI=1S/C9H15N3O2S/c1-4-12-9(8(10)6(2)11-12)15-5-7(13)14-3/h4-5,10H2,1-3H3. The number of hydrogen-bond acceptors (Lipinski definition) is 5. The van der Waals surface area contributed by atoms with Gasteiger partial charge in [0.25, 0.3) is 0 Å². The van der Waals surface area contributed by atoms with Crippen LogP contribution >= 0.6 is 11.8 Å². The molecule has 2 N–H and O–H groups in total. The van der Waals surface area contributed by atoms with Gasteiger partial charge in [-0.05, 0) is 13.8 Å². The van der Waals surface area contributed by atoms with Crippen molar-refractivity contribution < 1.29 is 9.53 Å². The molecule has 0 saturated carbocycles. The summed E-state index contributed by atoms with van der Waals surface area (Å²) in [5.41, 5.74) is 7.29. The van der Waals surface area contributed by atoms with Crippen molar-refractivity contribution in [3.8, 4) is 0 Å². The van der Waals surface area contributed by atoms with Crippen LogP contribution in [0.25, 0.3) is 0 Å². The molecular formula is C9H15N3O2S. The Morgan fingerprint density at radius 1 is 1.67 bits per heavy atom. The third-order valence-electron chi connectivity index (χ3n) is 1.98. The van der Waals surface area contributed by atoms with Gasteiger partial charge >= 0.3 is 5.97 Å². The van der Waals surface area contributed by atoms with E-state index >= 15 is 0 Å². The summed E-state index contributed by atoms with van der Waals surface area (Å²) < 4.78 is 6.35. The van der Waals surface area contributed by atoms with Crippen LogP contribution in [0.3, 0.4) is 0 Å². The highest BCUT2D eigenvalue weighted by Gasteiger charge is 2.13. The Labute approximate surface area is 93.0 Å². The maximum absolute atomic E-state index is 11.0. The predicted molar refractivity (Wildman–Crippen MR) is 59.8 cm³/mol. The van der Waals surface area contributed by atoms with Crippen molar-refractivity contribution in [2.45, 2.75) is 25.4 Å². The van der Waals surface area contributed by atoms with Crippen molar-refractivity contribution in [3.05, 3.63) is 5.69 Å². The first-order valence-electron chi connectivity index (χ1n) is 4.62. The molecule has 0 amide bonds. The van der Waals surface area contributed by atoms with E-state index in [1.165, 1.54) is 18.9 Å². The molecular weight excluding hydrogens is 214 g/mol. The Morgan fingerprint density at radius 2 is 2.33 bits per heavy atom. The molecule has 0 saturated heterocycles. The molecule has 84 valence electrons. The molecule has 1 aromatic heterocycles. The van der Waals surface area contributed by atoms with E-state index in [-0.39, 0.29) is 11.7 Å². The van der Waals surface area contributed by atoms with Crippen LogP contribution in [0.2, 0.25) is 0 Å². The first-order chi connectivity index (χ1) is 7.10. The van der Waals surface area contributed by atoms with Crippen LogP contribution in [0.1, 0.15) is 12.6 Å². The molecule has 1 heterocycles. The zero-order valence-electron chi connectivity index (χ0n) is 9.11. The Hall–Kier alpha value is -1.17. The number of carbonyl (C=O) groups is 1. The van der Waals surface area contributed by atoms with E-state index in [2.05, 4.69) is 9.84 Å². The van der Waals surface area contributed by atoms with Gasteiger partial charge in [0.1, 0.15) is 5.03 Å². The lowest BCUT2D eigenvalue weighted by Gasteiger charge is -2.04. The molecule has 6 heteroatoms. The van der Waals surface area contributed by atoms with Gasteiger partial charge in [-0.15, -0.1) is 0 Å². The van der Waals surface area contributed by atoms with Gasteiger partial charge in [-0.1, -0.05) is 11.8 Å². The molecule has 0 aromatic carbocycles. The number of rotatable bonds is 4. The van der Waals surface area contributed by atoms with Crippen LogP contribution in [0.4, 0.5) is 5.69 Å².